The summed E-state index contributed by atoms with van der Waals surface area (Å²) < 4.78 is 1.74. The molecule has 18 heavy (non-hydrogen) atoms. The van der Waals surface area contributed by atoms with Crippen molar-refractivity contribution in [3.8, 4) is 0 Å². The van der Waals surface area contributed by atoms with Gasteiger partial charge in [-0.1, -0.05) is 13.8 Å². The van der Waals surface area contributed by atoms with E-state index in [-0.39, 0.29) is 5.91 Å². The van der Waals surface area contributed by atoms with Crippen molar-refractivity contribution in [1.29, 1.82) is 0 Å². The van der Waals surface area contributed by atoms with Crippen LogP contribution in [0.2, 0.25) is 0 Å². The van der Waals surface area contributed by atoms with Crippen LogP contribution in [0.1, 0.15) is 26.0 Å². The molecule has 0 fully saturated rings. The molecule has 2 heterocycles. The van der Waals surface area contributed by atoms with Gasteiger partial charge < -0.3 is 5.32 Å². The molecule has 0 unspecified atom stereocenters. The molecule has 2 aromatic heterocycles. The number of anilines is 1. The molecular weight excluding hydrogens is 228 g/mol. The average molecular weight is 246 g/mol. The van der Waals surface area contributed by atoms with E-state index in [0.717, 1.165) is 22.4 Å². The first-order chi connectivity index (χ1) is 8.47. The van der Waals surface area contributed by atoms with Crippen molar-refractivity contribution in [1.82, 2.24) is 14.8 Å². The van der Waals surface area contributed by atoms with Crippen molar-refractivity contribution in [2.75, 3.05) is 5.32 Å². The molecule has 0 atom stereocenters. The lowest BCUT2D eigenvalue weighted by atomic mass is 10.1. The van der Waals surface area contributed by atoms with E-state index >= 15 is 0 Å². The SMILES string of the molecule is Cc1nn(C)c2ncc(NC(=O)CC(C)C)cc12. The molecule has 0 aliphatic heterocycles. The van der Waals surface area contributed by atoms with Crippen LogP contribution in [0.3, 0.4) is 0 Å². The summed E-state index contributed by atoms with van der Waals surface area (Å²) in [6.07, 6.45) is 2.19. The first-order valence-corrected chi connectivity index (χ1v) is 6.06. The van der Waals surface area contributed by atoms with E-state index in [1.807, 2.05) is 33.9 Å². The summed E-state index contributed by atoms with van der Waals surface area (Å²) in [7, 11) is 1.86. The molecule has 0 aliphatic carbocycles. The molecule has 96 valence electrons. The molecule has 1 amide bonds. The summed E-state index contributed by atoms with van der Waals surface area (Å²) in [6, 6.07) is 1.92. The topological polar surface area (TPSA) is 59.8 Å². The van der Waals surface area contributed by atoms with Crippen LogP contribution in [0.4, 0.5) is 5.69 Å². The molecule has 5 heteroatoms. The van der Waals surface area contributed by atoms with Gasteiger partial charge in [-0.3, -0.25) is 9.48 Å². The number of carbonyl (C=O) groups is 1. The Kier molecular flexibility index (Phi) is 3.32. The minimum atomic E-state index is 0.0210. The molecule has 0 saturated carbocycles. The highest BCUT2D eigenvalue weighted by molar-refractivity contribution is 5.93. The molecule has 0 radical (unpaired) electrons. The maximum absolute atomic E-state index is 11.7. The summed E-state index contributed by atoms with van der Waals surface area (Å²) in [5.41, 5.74) is 2.47. The van der Waals surface area contributed by atoms with Crippen LogP contribution in [0.5, 0.6) is 0 Å². The average Bonchev–Trinajstić information content (AvgIpc) is 2.53. The number of amides is 1. The minimum Gasteiger partial charge on any atom is -0.325 e. The van der Waals surface area contributed by atoms with E-state index in [9.17, 15) is 4.79 Å². The Morgan fingerprint density at radius 3 is 2.89 bits per heavy atom. The van der Waals surface area contributed by atoms with Crippen LogP contribution in [0.25, 0.3) is 11.0 Å². The van der Waals surface area contributed by atoms with Crippen molar-refractivity contribution in [2.24, 2.45) is 13.0 Å². The summed E-state index contributed by atoms with van der Waals surface area (Å²) in [5.74, 6) is 0.370. The summed E-state index contributed by atoms with van der Waals surface area (Å²) in [4.78, 5) is 16.0. The maximum Gasteiger partial charge on any atom is 0.224 e. The van der Waals surface area contributed by atoms with Crippen molar-refractivity contribution >= 4 is 22.6 Å². The third-order valence-corrected chi connectivity index (χ3v) is 2.74. The highest BCUT2D eigenvalue weighted by Crippen LogP contribution is 2.19. The number of nitrogens with one attached hydrogen (secondary N) is 1. The summed E-state index contributed by atoms with van der Waals surface area (Å²) >= 11 is 0. The van der Waals surface area contributed by atoms with Crippen LogP contribution in [0.15, 0.2) is 12.3 Å². The lowest BCUT2D eigenvalue weighted by molar-refractivity contribution is -0.116. The maximum atomic E-state index is 11.7. The van der Waals surface area contributed by atoms with Gasteiger partial charge in [-0.15, -0.1) is 0 Å². The quantitative estimate of drug-likeness (QED) is 0.903. The Labute approximate surface area is 106 Å². The molecule has 0 spiro atoms. The zero-order valence-electron chi connectivity index (χ0n) is 11.2. The fourth-order valence-corrected chi connectivity index (χ4v) is 1.96. The number of aromatic nitrogens is 3. The highest BCUT2D eigenvalue weighted by atomic mass is 16.1. The number of pyridine rings is 1. The first kappa shape index (κ1) is 12.5. The van der Waals surface area contributed by atoms with Gasteiger partial charge in [-0.05, 0) is 18.9 Å². The molecule has 2 rings (SSSR count). The Morgan fingerprint density at radius 2 is 2.22 bits per heavy atom. The van der Waals surface area contributed by atoms with Gasteiger partial charge in [0.25, 0.3) is 0 Å². The molecule has 2 aromatic rings. The van der Waals surface area contributed by atoms with Crippen molar-refractivity contribution in [2.45, 2.75) is 27.2 Å². The number of hydrogen-bond donors (Lipinski definition) is 1. The molecule has 0 aromatic carbocycles. The highest BCUT2D eigenvalue weighted by Gasteiger charge is 2.09. The molecular formula is C13H18N4O. The van der Waals surface area contributed by atoms with E-state index in [0.29, 0.717) is 12.3 Å². The van der Waals surface area contributed by atoms with Crippen LogP contribution >= 0.6 is 0 Å². The zero-order valence-corrected chi connectivity index (χ0v) is 11.2. The van der Waals surface area contributed by atoms with Crippen LogP contribution in [-0.4, -0.2) is 20.7 Å². The minimum absolute atomic E-state index is 0.0210. The van der Waals surface area contributed by atoms with Crippen LogP contribution in [0, 0.1) is 12.8 Å². The number of fused-ring (bicyclic) bond motifs is 1. The molecule has 1 N–H and O–H groups in total. The molecule has 5 nitrogen and oxygen atoms in total. The van der Waals surface area contributed by atoms with Gasteiger partial charge in [0.2, 0.25) is 5.91 Å². The lowest BCUT2D eigenvalue weighted by Crippen LogP contribution is -2.13. The van der Waals surface area contributed by atoms with Crippen LogP contribution in [-0.2, 0) is 11.8 Å². The number of nitrogens with zero attached hydrogens (tertiary/aromatic N) is 3. The predicted octanol–water partition coefficient (Wildman–Crippen LogP) is 2.26. The van der Waals surface area contributed by atoms with Crippen molar-refractivity contribution < 1.29 is 4.79 Å². The van der Waals surface area contributed by atoms with E-state index in [1.165, 1.54) is 0 Å². The van der Waals surface area contributed by atoms with Crippen LogP contribution < -0.4 is 5.32 Å². The van der Waals surface area contributed by atoms with Gasteiger partial charge in [-0.2, -0.15) is 5.10 Å². The number of carbonyl (C=O) groups excluding carboxylic acids is 1. The zero-order chi connectivity index (χ0) is 13.3. The fourth-order valence-electron chi connectivity index (χ4n) is 1.96. The second-order valence-electron chi connectivity index (χ2n) is 4.95. The van der Waals surface area contributed by atoms with Gasteiger partial charge in [0.05, 0.1) is 17.6 Å². The second kappa shape index (κ2) is 4.76. The Hall–Kier alpha value is -1.91. The van der Waals surface area contributed by atoms with E-state index in [2.05, 4.69) is 15.4 Å². The van der Waals surface area contributed by atoms with E-state index in [1.54, 1.807) is 10.9 Å². The first-order valence-electron chi connectivity index (χ1n) is 6.06. The van der Waals surface area contributed by atoms with E-state index in [4.69, 9.17) is 0 Å². The van der Waals surface area contributed by atoms with E-state index < -0.39 is 0 Å². The number of rotatable bonds is 3. The number of hydrogen-bond acceptors (Lipinski definition) is 3. The molecule has 0 saturated heterocycles. The lowest BCUT2D eigenvalue weighted by Gasteiger charge is -2.06. The van der Waals surface area contributed by atoms with Crippen molar-refractivity contribution in [3.63, 3.8) is 0 Å². The van der Waals surface area contributed by atoms with Gasteiger partial charge >= 0.3 is 0 Å². The number of aryl methyl sites for hydroxylation is 2. The monoisotopic (exact) mass is 246 g/mol. The predicted molar refractivity (Wildman–Crippen MR) is 71.3 cm³/mol. The normalized spacial score (nSPS) is 11.2. The van der Waals surface area contributed by atoms with Gasteiger partial charge in [-0.25, -0.2) is 4.98 Å². The van der Waals surface area contributed by atoms with Gasteiger partial charge in [0.15, 0.2) is 5.65 Å². The van der Waals surface area contributed by atoms with Gasteiger partial charge in [0, 0.05) is 18.9 Å². The summed E-state index contributed by atoms with van der Waals surface area (Å²) in [5, 5.41) is 8.14. The molecule has 0 bridgehead atoms. The smallest absolute Gasteiger partial charge is 0.224 e. The second-order valence-corrected chi connectivity index (χ2v) is 4.95. The third-order valence-electron chi connectivity index (χ3n) is 2.74. The summed E-state index contributed by atoms with van der Waals surface area (Å²) in [6.45, 7) is 5.97. The Morgan fingerprint density at radius 1 is 1.50 bits per heavy atom. The van der Waals surface area contributed by atoms with Crippen molar-refractivity contribution in [3.05, 3.63) is 18.0 Å². The fraction of sp³-hybridized carbons (Fsp3) is 0.462. The Balaban J connectivity index is 2.25. The Bertz CT molecular complexity index is 586. The third kappa shape index (κ3) is 2.50. The van der Waals surface area contributed by atoms with Gasteiger partial charge in [0.1, 0.15) is 0 Å². The molecule has 0 aliphatic rings. The largest absolute Gasteiger partial charge is 0.325 e. The standard InChI is InChI=1S/C13H18N4O/c1-8(2)5-12(18)15-10-6-11-9(3)16-17(4)13(11)14-7-10/h6-8H,5H2,1-4H3,(H,15,18).